The van der Waals surface area contributed by atoms with Crippen LogP contribution in [-0.4, -0.2) is 24.0 Å². The maximum absolute atomic E-state index is 12.2. The van der Waals surface area contributed by atoms with E-state index < -0.39 is 5.60 Å². The minimum atomic E-state index is -0.545. The average Bonchev–Trinajstić information content (AvgIpc) is 2.59. The molecule has 3 heterocycles. The van der Waals surface area contributed by atoms with Crippen LogP contribution < -0.4 is 4.90 Å². The fourth-order valence-corrected chi connectivity index (χ4v) is 3.57. The average molecular weight is 274 g/mol. The molecule has 0 aromatic carbocycles. The Bertz CT molecular complexity index is 543. The van der Waals surface area contributed by atoms with E-state index >= 15 is 0 Å². The van der Waals surface area contributed by atoms with Crippen molar-refractivity contribution in [1.82, 2.24) is 4.98 Å². The number of pyridine rings is 1. The number of ether oxygens (including phenoxy) is 1. The summed E-state index contributed by atoms with van der Waals surface area (Å²) in [5.41, 5.74) is 1.08. The molecule has 4 nitrogen and oxygen atoms in total. The van der Waals surface area contributed by atoms with Gasteiger partial charge in [-0.15, -0.1) is 0 Å². The molecule has 20 heavy (non-hydrogen) atoms. The lowest BCUT2D eigenvalue weighted by atomic mass is 9.91. The third kappa shape index (κ3) is 2.07. The summed E-state index contributed by atoms with van der Waals surface area (Å²) in [5, 5.41) is 0. The lowest BCUT2D eigenvalue weighted by molar-refractivity contribution is 0.00956. The van der Waals surface area contributed by atoms with Gasteiger partial charge in [0.15, 0.2) is 0 Å². The Morgan fingerprint density at radius 3 is 2.60 bits per heavy atom. The van der Waals surface area contributed by atoms with Gasteiger partial charge in [-0.3, -0.25) is 0 Å². The highest BCUT2D eigenvalue weighted by Crippen LogP contribution is 2.40. The Morgan fingerprint density at radius 2 is 1.95 bits per heavy atom. The van der Waals surface area contributed by atoms with Crippen LogP contribution in [-0.2, 0) is 10.3 Å². The fourth-order valence-electron chi connectivity index (χ4n) is 3.57. The van der Waals surface area contributed by atoms with Gasteiger partial charge < -0.3 is 9.64 Å². The van der Waals surface area contributed by atoms with Crippen molar-refractivity contribution in [3.05, 3.63) is 23.4 Å². The summed E-state index contributed by atoms with van der Waals surface area (Å²) >= 11 is 0. The number of piperidine rings is 1. The van der Waals surface area contributed by atoms with E-state index in [0.717, 1.165) is 24.5 Å². The van der Waals surface area contributed by atoms with Crippen LogP contribution in [0.25, 0.3) is 0 Å². The Labute approximate surface area is 120 Å². The lowest BCUT2D eigenvalue weighted by Gasteiger charge is -2.36. The highest BCUT2D eigenvalue weighted by molar-refractivity contribution is 5.99. The molecule has 0 N–H and O–H groups in total. The number of anilines is 1. The molecule has 2 aliphatic rings. The number of hydrogen-bond acceptors (Lipinski definition) is 4. The maximum Gasteiger partial charge on any atom is 0.343 e. The third-order valence-electron chi connectivity index (χ3n) is 4.30. The number of aromatic nitrogens is 1. The van der Waals surface area contributed by atoms with Crippen LogP contribution >= 0.6 is 0 Å². The summed E-state index contributed by atoms with van der Waals surface area (Å²) in [7, 11) is 0. The molecule has 1 aromatic heterocycles. The maximum atomic E-state index is 12.2. The van der Waals surface area contributed by atoms with Gasteiger partial charge in [0.2, 0.25) is 0 Å². The van der Waals surface area contributed by atoms with E-state index in [0.29, 0.717) is 17.4 Å². The van der Waals surface area contributed by atoms with Crippen LogP contribution in [0.5, 0.6) is 0 Å². The smallest absolute Gasteiger partial charge is 0.343 e. The number of nitrogens with zero attached hydrogens (tertiary/aromatic N) is 2. The lowest BCUT2D eigenvalue weighted by Crippen LogP contribution is -2.40. The summed E-state index contributed by atoms with van der Waals surface area (Å²) in [6.45, 7) is 10.3. The number of hydrogen-bond donors (Lipinski definition) is 0. The van der Waals surface area contributed by atoms with E-state index in [9.17, 15) is 4.79 Å². The Morgan fingerprint density at radius 1 is 1.30 bits per heavy atom. The SMILES string of the molecule is CC1CC(C)CN(c2nccc3c2C(=O)OC3(C)C)C1. The minimum Gasteiger partial charge on any atom is -0.451 e. The van der Waals surface area contributed by atoms with Crippen molar-refractivity contribution < 1.29 is 9.53 Å². The molecule has 4 heteroatoms. The molecular formula is C16H22N2O2. The fraction of sp³-hybridized carbons (Fsp3) is 0.625. The number of carbonyl (C=O) groups excluding carboxylic acids is 1. The van der Waals surface area contributed by atoms with Crippen LogP contribution in [0.2, 0.25) is 0 Å². The van der Waals surface area contributed by atoms with Crippen molar-refractivity contribution in [2.24, 2.45) is 11.8 Å². The first-order valence-electron chi connectivity index (χ1n) is 7.36. The summed E-state index contributed by atoms with van der Waals surface area (Å²) in [6, 6.07) is 1.90. The normalized spacial score (nSPS) is 28.2. The standard InChI is InChI=1S/C16H22N2O2/c1-10-7-11(2)9-18(8-10)14-13-12(5-6-17-14)16(3,4)20-15(13)19/h5-6,10-11H,7-9H2,1-4H3. The summed E-state index contributed by atoms with van der Waals surface area (Å²) in [4.78, 5) is 19.0. The van der Waals surface area contributed by atoms with Gasteiger partial charge in [-0.2, -0.15) is 0 Å². The molecule has 2 unspecified atom stereocenters. The molecule has 1 fully saturated rings. The van der Waals surface area contributed by atoms with Crippen molar-refractivity contribution in [2.45, 2.75) is 39.7 Å². The quantitative estimate of drug-likeness (QED) is 0.738. The zero-order valence-corrected chi connectivity index (χ0v) is 12.6. The van der Waals surface area contributed by atoms with Gasteiger partial charge in [-0.1, -0.05) is 13.8 Å². The summed E-state index contributed by atoms with van der Waals surface area (Å²) < 4.78 is 5.50. The van der Waals surface area contributed by atoms with Crippen LogP contribution in [0, 0.1) is 11.8 Å². The van der Waals surface area contributed by atoms with E-state index in [2.05, 4.69) is 23.7 Å². The first kappa shape index (κ1) is 13.4. The Kier molecular flexibility index (Phi) is 3.00. The molecule has 0 saturated carbocycles. The topological polar surface area (TPSA) is 42.4 Å². The second-order valence-electron chi connectivity index (χ2n) is 6.81. The molecule has 0 amide bonds. The molecule has 2 atom stereocenters. The number of cyclic esters (lactones) is 1. The molecule has 1 aromatic rings. The molecule has 2 aliphatic heterocycles. The molecule has 0 spiro atoms. The highest BCUT2D eigenvalue weighted by Gasteiger charge is 2.41. The Balaban J connectivity index is 2.04. The molecule has 0 aliphatic carbocycles. The molecule has 0 bridgehead atoms. The number of carbonyl (C=O) groups is 1. The first-order chi connectivity index (χ1) is 9.38. The van der Waals surface area contributed by atoms with Crippen molar-refractivity contribution >= 4 is 11.8 Å². The highest BCUT2D eigenvalue weighted by atomic mass is 16.6. The van der Waals surface area contributed by atoms with Gasteiger partial charge in [0.05, 0.1) is 0 Å². The van der Waals surface area contributed by atoms with E-state index in [4.69, 9.17) is 4.74 Å². The van der Waals surface area contributed by atoms with Gasteiger partial charge in [-0.05, 0) is 38.2 Å². The summed E-state index contributed by atoms with van der Waals surface area (Å²) in [6.07, 6.45) is 3.03. The van der Waals surface area contributed by atoms with Gasteiger partial charge in [-0.25, -0.2) is 9.78 Å². The largest absolute Gasteiger partial charge is 0.451 e. The molecular weight excluding hydrogens is 252 g/mol. The number of fused-ring (bicyclic) bond motifs is 1. The van der Waals surface area contributed by atoms with Gasteiger partial charge >= 0.3 is 5.97 Å². The zero-order chi connectivity index (χ0) is 14.5. The monoisotopic (exact) mass is 274 g/mol. The van der Waals surface area contributed by atoms with Crippen molar-refractivity contribution in [2.75, 3.05) is 18.0 Å². The minimum absolute atomic E-state index is 0.237. The molecule has 108 valence electrons. The molecule has 1 saturated heterocycles. The molecule has 3 rings (SSSR count). The van der Waals surface area contributed by atoms with Crippen molar-refractivity contribution in [3.8, 4) is 0 Å². The van der Waals surface area contributed by atoms with Gasteiger partial charge in [0, 0.05) is 24.8 Å². The van der Waals surface area contributed by atoms with E-state index in [1.165, 1.54) is 6.42 Å². The number of rotatable bonds is 1. The summed E-state index contributed by atoms with van der Waals surface area (Å²) in [5.74, 6) is 1.82. The Hall–Kier alpha value is -1.58. The third-order valence-corrected chi connectivity index (χ3v) is 4.30. The predicted octanol–water partition coefficient (Wildman–Crippen LogP) is 2.97. The second kappa shape index (κ2) is 4.47. The van der Waals surface area contributed by atoms with Crippen molar-refractivity contribution in [1.29, 1.82) is 0 Å². The van der Waals surface area contributed by atoms with Gasteiger partial charge in [0.25, 0.3) is 0 Å². The van der Waals surface area contributed by atoms with Gasteiger partial charge in [0.1, 0.15) is 17.0 Å². The van der Waals surface area contributed by atoms with Crippen LogP contribution in [0.15, 0.2) is 12.3 Å². The second-order valence-corrected chi connectivity index (χ2v) is 6.81. The van der Waals surface area contributed by atoms with E-state index in [1.807, 2.05) is 19.9 Å². The van der Waals surface area contributed by atoms with Crippen LogP contribution in [0.1, 0.15) is 50.0 Å². The van der Waals surface area contributed by atoms with Crippen LogP contribution in [0.3, 0.4) is 0 Å². The van der Waals surface area contributed by atoms with E-state index in [-0.39, 0.29) is 5.97 Å². The zero-order valence-electron chi connectivity index (χ0n) is 12.6. The van der Waals surface area contributed by atoms with Crippen molar-refractivity contribution in [3.63, 3.8) is 0 Å². The number of esters is 1. The van der Waals surface area contributed by atoms with E-state index in [1.54, 1.807) is 6.20 Å². The predicted molar refractivity (Wildman–Crippen MR) is 77.8 cm³/mol. The van der Waals surface area contributed by atoms with Crippen LogP contribution in [0.4, 0.5) is 5.82 Å². The first-order valence-corrected chi connectivity index (χ1v) is 7.36. The molecule has 0 radical (unpaired) electrons.